The third-order valence-corrected chi connectivity index (χ3v) is 3.86. The monoisotopic (exact) mass is 347 g/mol. The molecular weight excluding hydrogens is 334 g/mol. The van der Waals surface area contributed by atoms with Gasteiger partial charge in [0.1, 0.15) is 5.76 Å². The molecule has 0 spiro atoms. The number of hydrazine groups is 1. The van der Waals surface area contributed by atoms with Crippen molar-refractivity contribution in [3.63, 3.8) is 0 Å². The van der Waals surface area contributed by atoms with E-state index in [1.165, 1.54) is 0 Å². The summed E-state index contributed by atoms with van der Waals surface area (Å²) in [5.41, 5.74) is 3.95. The number of carbonyl (C=O) groups is 1. The number of hydrogen-bond donors (Lipinski definition) is 2. The van der Waals surface area contributed by atoms with E-state index >= 15 is 0 Å². The SMILES string of the molecule is Cc1cc(Cn2ccc3ccc(Br)cc32)oc1C(=O)NN. The van der Waals surface area contributed by atoms with Crippen molar-refractivity contribution in [2.45, 2.75) is 13.5 Å². The highest BCUT2D eigenvalue weighted by Crippen LogP contribution is 2.23. The first kappa shape index (κ1) is 13.9. The summed E-state index contributed by atoms with van der Waals surface area (Å²) in [4.78, 5) is 11.6. The summed E-state index contributed by atoms with van der Waals surface area (Å²) in [6, 6.07) is 10.0. The molecular formula is C15H14BrN3O2. The molecule has 0 unspecified atom stereocenters. The van der Waals surface area contributed by atoms with E-state index in [1.54, 1.807) is 0 Å². The summed E-state index contributed by atoms with van der Waals surface area (Å²) in [5.74, 6) is 5.69. The smallest absolute Gasteiger partial charge is 0.301 e. The number of rotatable bonds is 3. The Morgan fingerprint density at radius 1 is 1.38 bits per heavy atom. The molecule has 3 aromatic rings. The first-order valence-corrected chi connectivity index (χ1v) is 7.22. The van der Waals surface area contributed by atoms with E-state index in [9.17, 15) is 4.79 Å². The van der Waals surface area contributed by atoms with Crippen LogP contribution in [0.4, 0.5) is 0 Å². The van der Waals surface area contributed by atoms with Gasteiger partial charge in [-0.25, -0.2) is 5.84 Å². The molecule has 3 N–H and O–H groups in total. The zero-order valence-electron chi connectivity index (χ0n) is 11.4. The molecule has 2 heterocycles. The van der Waals surface area contributed by atoms with Crippen molar-refractivity contribution in [2.75, 3.05) is 0 Å². The van der Waals surface area contributed by atoms with Gasteiger partial charge in [-0.05, 0) is 36.6 Å². The molecule has 0 atom stereocenters. The van der Waals surface area contributed by atoms with E-state index in [0.717, 1.165) is 20.9 Å². The largest absolute Gasteiger partial charge is 0.454 e. The number of halogens is 1. The van der Waals surface area contributed by atoms with Crippen LogP contribution in [0.25, 0.3) is 10.9 Å². The second-order valence-electron chi connectivity index (χ2n) is 4.85. The van der Waals surface area contributed by atoms with Gasteiger partial charge in [0.2, 0.25) is 0 Å². The van der Waals surface area contributed by atoms with Gasteiger partial charge >= 0.3 is 5.91 Å². The summed E-state index contributed by atoms with van der Waals surface area (Å²) in [6.45, 7) is 2.38. The lowest BCUT2D eigenvalue weighted by Crippen LogP contribution is -2.30. The molecule has 0 radical (unpaired) electrons. The van der Waals surface area contributed by atoms with E-state index in [2.05, 4.69) is 38.1 Å². The predicted molar refractivity (Wildman–Crippen MR) is 83.8 cm³/mol. The molecule has 1 aromatic carbocycles. The number of benzene rings is 1. The van der Waals surface area contributed by atoms with Gasteiger partial charge in [-0.1, -0.05) is 22.0 Å². The number of nitrogens with zero attached hydrogens (tertiary/aromatic N) is 1. The lowest BCUT2D eigenvalue weighted by Gasteiger charge is -2.03. The molecule has 0 aliphatic rings. The number of hydrogen-bond acceptors (Lipinski definition) is 3. The molecule has 21 heavy (non-hydrogen) atoms. The van der Waals surface area contributed by atoms with Gasteiger partial charge in [0, 0.05) is 21.7 Å². The molecule has 0 bridgehead atoms. The minimum absolute atomic E-state index is 0.255. The quantitative estimate of drug-likeness (QED) is 0.434. The Balaban J connectivity index is 1.95. The van der Waals surface area contributed by atoms with Crippen molar-refractivity contribution in [3.8, 4) is 0 Å². The van der Waals surface area contributed by atoms with Gasteiger partial charge < -0.3 is 8.98 Å². The summed E-state index contributed by atoms with van der Waals surface area (Å²) >= 11 is 3.48. The van der Waals surface area contributed by atoms with Crippen LogP contribution in [-0.2, 0) is 6.54 Å². The Bertz CT molecular complexity index is 820. The lowest BCUT2D eigenvalue weighted by molar-refractivity contribution is 0.0923. The Morgan fingerprint density at radius 2 is 2.19 bits per heavy atom. The lowest BCUT2D eigenvalue weighted by atomic mass is 10.2. The van der Waals surface area contributed by atoms with Crippen molar-refractivity contribution in [1.82, 2.24) is 9.99 Å². The Kier molecular flexibility index (Phi) is 3.57. The van der Waals surface area contributed by atoms with Crippen LogP contribution in [0.2, 0.25) is 0 Å². The number of nitrogens with two attached hydrogens (primary N) is 1. The zero-order chi connectivity index (χ0) is 15.0. The van der Waals surface area contributed by atoms with Crippen LogP contribution in [0.3, 0.4) is 0 Å². The maximum absolute atomic E-state index is 11.6. The number of aryl methyl sites for hydroxylation is 1. The van der Waals surface area contributed by atoms with Crippen LogP contribution < -0.4 is 11.3 Å². The van der Waals surface area contributed by atoms with Crippen molar-refractivity contribution in [1.29, 1.82) is 0 Å². The molecule has 3 rings (SSSR count). The van der Waals surface area contributed by atoms with Gasteiger partial charge in [0.15, 0.2) is 5.76 Å². The average molecular weight is 348 g/mol. The molecule has 0 saturated heterocycles. The Morgan fingerprint density at radius 3 is 2.95 bits per heavy atom. The van der Waals surface area contributed by atoms with E-state index in [4.69, 9.17) is 10.3 Å². The summed E-state index contributed by atoms with van der Waals surface area (Å²) < 4.78 is 8.69. The third-order valence-electron chi connectivity index (χ3n) is 3.37. The molecule has 0 fully saturated rings. The van der Waals surface area contributed by atoms with E-state index < -0.39 is 5.91 Å². The highest BCUT2D eigenvalue weighted by Gasteiger charge is 2.15. The first-order valence-electron chi connectivity index (χ1n) is 6.43. The minimum atomic E-state index is -0.418. The molecule has 0 saturated carbocycles. The van der Waals surface area contributed by atoms with Gasteiger partial charge in [-0.3, -0.25) is 10.2 Å². The first-order chi connectivity index (χ1) is 10.1. The summed E-state index contributed by atoms with van der Waals surface area (Å²) in [6.07, 6.45) is 2.00. The van der Waals surface area contributed by atoms with Crippen LogP contribution in [0.5, 0.6) is 0 Å². The van der Waals surface area contributed by atoms with Crippen LogP contribution in [0, 0.1) is 6.92 Å². The maximum atomic E-state index is 11.6. The topological polar surface area (TPSA) is 73.2 Å². The number of amides is 1. The Hall–Kier alpha value is -2.05. The predicted octanol–water partition coefficient (Wildman–Crippen LogP) is 2.96. The molecule has 108 valence electrons. The molecule has 1 amide bonds. The van der Waals surface area contributed by atoms with E-state index in [-0.39, 0.29) is 5.76 Å². The molecule has 5 nitrogen and oxygen atoms in total. The second kappa shape index (κ2) is 5.38. The number of fused-ring (bicyclic) bond motifs is 1. The fourth-order valence-electron chi connectivity index (χ4n) is 2.38. The molecule has 2 aromatic heterocycles. The van der Waals surface area contributed by atoms with Crippen molar-refractivity contribution in [3.05, 3.63) is 58.1 Å². The highest BCUT2D eigenvalue weighted by atomic mass is 79.9. The summed E-state index contributed by atoms with van der Waals surface area (Å²) in [7, 11) is 0. The molecule has 6 heteroatoms. The number of aromatic nitrogens is 1. The minimum Gasteiger partial charge on any atom is -0.454 e. The number of carbonyl (C=O) groups excluding carboxylic acids is 1. The van der Waals surface area contributed by atoms with E-state index in [1.807, 2.05) is 31.3 Å². The van der Waals surface area contributed by atoms with Crippen LogP contribution >= 0.6 is 15.9 Å². The van der Waals surface area contributed by atoms with Gasteiger partial charge in [-0.15, -0.1) is 0 Å². The fraction of sp³-hybridized carbons (Fsp3) is 0.133. The van der Waals surface area contributed by atoms with E-state index in [0.29, 0.717) is 12.3 Å². The van der Waals surface area contributed by atoms with Gasteiger partial charge in [0.05, 0.1) is 6.54 Å². The van der Waals surface area contributed by atoms with Gasteiger partial charge in [-0.2, -0.15) is 0 Å². The number of nitrogens with one attached hydrogen (secondary N) is 1. The maximum Gasteiger partial charge on any atom is 0.301 e. The summed E-state index contributed by atoms with van der Waals surface area (Å²) in [5, 5.41) is 1.15. The van der Waals surface area contributed by atoms with Crippen LogP contribution in [-0.4, -0.2) is 10.5 Å². The third kappa shape index (κ3) is 2.59. The van der Waals surface area contributed by atoms with Crippen molar-refractivity contribution in [2.24, 2.45) is 5.84 Å². The van der Waals surface area contributed by atoms with Gasteiger partial charge in [0.25, 0.3) is 0 Å². The Labute approximate surface area is 129 Å². The van der Waals surface area contributed by atoms with Crippen LogP contribution in [0.15, 0.2) is 45.4 Å². The number of furan rings is 1. The highest BCUT2D eigenvalue weighted by molar-refractivity contribution is 9.10. The van der Waals surface area contributed by atoms with Crippen LogP contribution in [0.1, 0.15) is 21.9 Å². The standard InChI is InChI=1S/C15H14BrN3O2/c1-9-6-12(21-14(9)15(20)18-17)8-19-5-4-10-2-3-11(16)7-13(10)19/h2-7H,8,17H2,1H3,(H,18,20). The number of nitrogen functional groups attached to an aromatic ring is 1. The fourth-order valence-corrected chi connectivity index (χ4v) is 2.73. The van der Waals surface area contributed by atoms with Crippen molar-refractivity contribution < 1.29 is 9.21 Å². The zero-order valence-corrected chi connectivity index (χ0v) is 13.0. The molecule has 0 aliphatic heterocycles. The average Bonchev–Trinajstić information content (AvgIpc) is 3.02. The molecule has 0 aliphatic carbocycles. The second-order valence-corrected chi connectivity index (χ2v) is 5.76. The van der Waals surface area contributed by atoms with Crippen molar-refractivity contribution >= 4 is 32.7 Å². The normalized spacial score (nSPS) is 11.0.